The maximum absolute atomic E-state index is 14.4. The van der Waals surface area contributed by atoms with Gasteiger partial charge in [0.1, 0.15) is 5.82 Å². The Morgan fingerprint density at radius 3 is 2.56 bits per heavy atom. The van der Waals surface area contributed by atoms with E-state index in [0.717, 1.165) is 12.1 Å². The summed E-state index contributed by atoms with van der Waals surface area (Å²) < 4.78 is 42.7. The van der Waals surface area contributed by atoms with E-state index in [1.54, 1.807) is 12.1 Å². The van der Waals surface area contributed by atoms with Gasteiger partial charge < -0.3 is 15.5 Å². The molecule has 4 amide bonds. The molecule has 12 heteroatoms. The van der Waals surface area contributed by atoms with Crippen molar-refractivity contribution in [2.45, 2.75) is 31.9 Å². The first-order valence-electron chi connectivity index (χ1n) is 10.3. The van der Waals surface area contributed by atoms with E-state index in [1.807, 2.05) is 0 Å². The summed E-state index contributed by atoms with van der Waals surface area (Å²) in [6.07, 6.45) is 0.442. The highest BCUT2D eigenvalue weighted by atomic mass is 35.5. The molecule has 2 aromatic rings. The molecule has 0 saturated heterocycles. The van der Waals surface area contributed by atoms with Crippen molar-refractivity contribution in [2.24, 2.45) is 0 Å². The lowest BCUT2D eigenvalue weighted by molar-refractivity contribution is -0.147. The molecule has 0 fully saturated rings. The third-order valence-corrected chi connectivity index (χ3v) is 5.44. The van der Waals surface area contributed by atoms with Crippen molar-refractivity contribution in [3.05, 3.63) is 69.5 Å². The van der Waals surface area contributed by atoms with Crippen molar-refractivity contribution < 1.29 is 32.3 Å². The second-order valence-electron chi connectivity index (χ2n) is 7.81. The normalized spacial score (nSPS) is 12.9. The number of rotatable bonds is 8. The number of hydrogen-bond donors (Lipinski definition) is 2. The number of benzene rings is 2. The predicted octanol–water partition coefficient (Wildman–Crippen LogP) is 2.49. The zero-order valence-electron chi connectivity index (χ0n) is 18.1. The summed E-state index contributed by atoms with van der Waals surface area (Å²) >= 11 is 5.57. The lowest BCUT2D eigenvalue weighted by Gasteiger charge is -2.17. The molecule has 1 aliphatic heterocycles. The Bertz CT molecular complexity index is 1160. The van der Waals surface area contributed by atoms with Gasteiger partial charge >= 0.3 is 5.92 Å². The number of nitrogens with zero attached hydrogens (tertiary/aromatic N) is 1. The number of amides is 4. The van der Waals surface area contributed by atoms with Crippen LogP contribution in [0.2, 0.25) is 5.02 Å². The van der Waals surface area contributed by atoms with E-state index in [4.69, 9.17) is 11.6 Å². The Balaban J connectivity index is 1.58. The number of carbonyl (C=O) groups excluding carboxylic acids is 4. The van der Waals surface area contributed by atoms with Gasteiger partial charge in [0.25, 0.3) is 11.8 Å². The monoisotopic (exact) mass is 493 g/mol. The van der Waals surface area contributed by atoms with Gasteiger partial charge in [0, 0.05) is 36.6 Å². The van der Waals surface area contributed by atoms with Crippen LogP contribution in [0.3, 0.4) is 0 Å². The number of nitrogens with one attached hydrogen (secondary N) is 2. The van der Waals surface area contributed by atoms with E-state index >= 15 is 0 Å². The molecule has 0 aromatic heterocycles. The van der Waals surface area contributed by atoms with Gasteiger partial charge in [0.15, 0.2) is 5.81 Å². The van der Waals surface area contributed by atoms with Crippen LogP contribution in [0, 0.1) is 5.82 Å². The first-order valence-corrected chi connectivity index (χ1v) is 10.7. The summed E-state index contributed by atoms with van der Waals surface area (Å²) in [6.45, 7) is 0.302. The smallest absolute Gasteiger partial charge is 0.346 e. The summed E-state index contributed by atoms with van der Waals surface area (Å²) in [6, 6.07) is 7.23. The number of alkyl halides is 2. The van der Waals surface area contributed by atoms with Crippen LogP contribution in [-0.2, 0) is 28.6 Å². The molecule has 0 radical (unpaired) electrons. The summed E-state index contributed by atoms with van der Waals surface area (Å²) in [5.74, 6) is -8.18. The van der Waals surface area contributed by atoms with Gasteiger partial charge in [0.05, 0.1) is 5.56 Å². The van der Waals surface area contributed by atoms with E-state index in [-0.39, 0.29) is 30.4 Å². The van der Waals surface area contributed by atoms with E-state index in [0.29, 0.717) is 35.7 Å². The highest BCUT2D eigenvalue weighted by molar-refractivity contribution is 6.58. The van der Waals surface area contributed by atoms with Gasteiger partial charge in [-0.05, 0) is 41.8 Å². The molecule has 2 aromatic carbocycles. The lowest BCUT2D eigenvalue weighted by atomic mass is 10.1. The van der Waals surface area contributed by atoms with Crippen molar-refractivity contribution in [3.8, 4) is 0 Å². The van der Waals surface area contributed by atoms with Crippen LogP contribution in [0.25, 0.3) is 0 Å². The average Bonchev–Trinajstić information content (AvgIpc) is 3.06. The second-order valence-corrected chi connectivity index (χ2v) is 8.24. The van der Waals surface area contributed by atoms with Gasteiger partial charge in [0.2, 0.25) is 13.8 Å². The van der Waals surface area contributed by atoms with Crippen LogP contribution in [-0.4, -0.2) is 42.8 Å². The summed E-state index contributed by atoms with van der Waals surface area (Å²) in [5, 5.41) is 4.18. The quantitative estimate of drug-likeness (QED) is 0.553. The van der Waals surface area contributed by atoms with Crippen molar-refractivity contribution >= 4 is 43.0 Å². The van der Waals surface area contributed by atoms with Crippen LogP contribution in [0.15, 0.2) is 36.4 Å². The molecule has 0 saturated carbocycles. The molecule has 1 heterocycles. The molecule has 0 bridgehead atoms. The Morgan fingerprint density at radius 2 is 1.88 bits per heavy atom. The van der Waals surface area contributed by atoms with Crippen LogP contribution >= 0.6 is 11.6 Å². The highest BCUT2D eigenvalue weighted by Gasteiger charge is 2.43. The molecule has 2 N–H and O–H groups in total. The Kier molecular flexibility index (Phi) is 7.66. The van der Waals surface area contributed by atoms with Crippen LogP contribution in [0.5, 0.6) is 0 Å². The van der Waals surface area contributed by atoms with Gasteiger partial charge in [-0.3, -0.25) is 19.2 Å². The highest BCUT2D eigenvalue weighted by Crippen LogP contribution is 2.32. The van der Waals surface area contributed by atoms with Crippen LogP contribution in [0.4, 0.5) is 18.0 Å². The van der Waals surface area contributed by atoms with Crippen molar-refractivity contribution in [1.29, 1.82) is 0 Å². The average molecular weight is 494 g/mol. The summed E-state index contributed by atoms with van der Waals surface area (Å²) in [7, 11) is 1.23. The molecule has 0 spiro atoms. The van der Waals surface area contributed by atoms with E-state index < -0.39 is 34.9 Å². The maximum Gasteiger partial charge on any atom is 0.352 e. The van der Waals surface area contributed by atoms with Crippen molar-refractivity contribution in [2.75, 3.05) is 6.54 Å². The van der Waals surface area contributed by atoms with Gasteiger partial charge in [-0.2, -0.15) is 8.78 Å². The molecular formula is C22H20BClF3N3O4. The van der Waals surface area contributed by atoms with Gasteiger partial charge in [-0.25, -0.2) is 4.39 Å². The molecule has 0 atom stereocenters. The minimum absolute atomic E-state index is 0.0708. The molecular weight excluding hydrogens is 474 g/mol. The van der Waals surface area contributed by atoms with Gasteiger partial charge in [-0.15, -0.1) is 0 Å². The fourth-order valence-electron chi connectivity index (χ4n) is 3.57. The number of halogens is 4. The van der Waals surface area contributed by atoms with Crippen molar-refractivity contribution in [1.82, 2.24) is 15.5 Å². The molecule has 1 aliphatic rings. The first-order chi connectivity index (χ1) is 16.0. The Hall–Kier alpha value is -3.34. The fraction of sp³-hybridized carbons (Fsp3) is 0.273. The van der Waals surface area contributed by atoms with Crippen LogP contribution in [0.1, 0.15) is 39.9 Å². The van der Waals surface area contributed by atoms with E-state index in [1.165, 1.54) is 18.8 Å². The Labute approximate surface area is 199 Å². The lowest BCUT2D eigenvalue weighted by Crippen LogP contribution is -2.38. The number of fused-ring (bicyclic) bond motifs is 1. The SMILES string of the molecule is BC(=O)NC(=O)CCCN1Cc2cc(CNC(=O)C(F)(F)c3ccc(Cl)cc3F)ccc2C1=O. The van der Waals surface area contributed by atoms with Crippen molar-refractivity contribution in [3.63, 3.8) is 0 Å². The summed E-state index contributed by atoms with van der Waals surface area (Å²) in [5.41, 5.74) is 0.494. The number of hydrogen-bond acceptors (Lipinski definition) is 4. The Morgan fingerprint density at radius 1 is 1.15 bits per heavy atom. The number of imide groups is 1. The standard InChI is InChI=1S/C22H20BClF3N3O4/c23-21(34)29-18(31)2-1-7-30-11-13-8-12(3-5-15(13)19(30)32)10-28-20(33)22(26,27)16-6-4-14(24)9-17(16)25/h3-6,8-9H,1-2,7,10-11,23H2,(H,28,33)(H,29,31,34). The molecule has 0 aliphatic carbocycles. The van der Waals surface area contributed by atoms with Crippen LogP contribution < -0.4 is 10.6 Å². The van der Waals surface area contributed by atoms with E-state index in [9.17, 15) is 32.3 Å². The maximum atomic E-state index is 14.4. The van der Waals surface area contributed by atoms with E-state index in [2.05, 4.69) is 10.6 Å². The topological polar surface area (TPSA) is 95.6 Å². The third kappa shape index (κ3) is 5.77. The largest absolute Gasteiger partial charge is 0.352 e. The molecule has 0 unspecified atom stereocenters. The number of carbonyl (C=O) groups is 4. The molecule has 3 rings (SSSR count). The molecule has 34 heavy (non-hydrogen) atoms. The van der Waals surface area contributed by atoms with Gasteiger partial charge in [-0.1, -0.05) is 23.7 Å². The minimum Gasteiger partial charge on any atom is -0.346 e. The summed E-state index contributed by atoms with van der Waals surface area (Å²) in [4.78, 5) is 48.6. The minimum atomic E-state index is -4.10. The zero-order chi connectivity index (χ0) is 25.0. The fourth-order valence-corrected chi connectivity index (χ4v) is 3.73. The molecule has 178 valence electrons. The zero-order valence-corrected chi connectivity index (χ0v) is 18.8. The third-order valence-electron chi connectivity index (χ3n) is 5.20. The first kappa shape index (κ1) is 25.3. The second kappa shape index (κ2) is 10.3. The predicted molar refractivity (Wildman–Crippen MR) is 120 cm³/mol. The molecule has 7 nitrogen and oxygen atoms in total.